The van der Waals surface area contributed by atoms with Crippen molar-refractivity contribution in [3.05, 3.63) is 12.2 Å². The van der Waals surface area contributed by atoms with Crippen LogP contribution in [0.5, 0.6) is 0 Å². The van der Waals surface area contributed by atoms with Crippen LogP contribution in [0.15, 0.2) is 22.1 Å². The normalized spacial score (nSPS) is 21.4. The molecule has 0 aliphatic carbocycles. The quantitative estimate of drug-likeness (QED) is 0.466. The van der Waals surface area contributed by atoms with Gasteiger partial charge in [-0.25, -0.2) is 4.99 Å². The van der Waals surface area contributed by atoms with Gasteiger partial charge in [0.15, 0.2) is 5.17 Å². The zero-order valence-corrected chi connectivity index (χ0v) is 9.04. The fourth-order valence-corrected chi connectivity index (χ4v) is 1.44. The number of hydrogen-bond donors (Lipinski definition) is 2. The summed E-state index contributed by atoms with van der Waals surface area (Å²) < 4.78 is 5.01. The molecule has 1 aliphatic heterocycles. The lowest BCUT2D eigenvalue weighted by molar-refractivity contribution is 0.406. The first-order chi connectivity index (χ1) is 7.36. The third kappa shape index (κ3) is 4.42. The molecule has 0 aromatic rings. The van der Waals surface area contributed by atoms with Gasteiger partial charge in [-0.05, 0) is 6.08 Å². The van der Waals surface area contributed by atoms with E-state index in [0.717, 1.165) is 0 Å². The van der Waals surface area contributed by atoms with E-state index in [1.165, 1.54) is 11.8 Å². The van der Waals surface area contributed by atoms with Crippen LogP contribution in [-0.4, -0.2) is 35.7 Å². The van der Waals surface area contributed by atoms with Crippen molar-refractivity contribution in [3.63, 3.8) is 0 Å². The number of aliphatic hydroxyl groups excluding tert-OH is 1. The Labute approximate surface area is 92.3 Å². The topological polar surface area (TPSA) is 66.2 Å². The highest BCUT2D eigenvalue weighted by Gasteiger charge is 2.00. The van der Waals surface area contributed by atoms with Crippen molar-refractivity contribution in [2.75, 3.05) is 19.5 Å². The zero-order valence-electron chi connectivity index (χ0n) is 8.23. The number of ether oxygens (including phenoxy) is 1. The number of amidine groups is 1. The summed E-state index contributed by atoms with van der Waals surface area (Å²) in [6, 6.07) is 2.31. The summed E-state index contributed by atoms with van der Waals surface area (Å²) in [6.07, 6.45) is 5.36. The number of aliphatic imine (C=N–C) groups is 2. The number of rotatable bonds is 0. The molecule has 5 nitrogen and oxygen atoms in total. The summed E-state index contributed by atoms with van der Waals surface area (Å²) in [5.41, 5.74) is 0. The standard InChI is InChI=1S/C9H11N3O2S/c1-14-8-3-2-4-10-9(11-5-6-13)15-7-12-8/h2-3,13H,4,7H2,1H3,(H,10,11)/b3-2-,12-8+. The molecule has 6 heteroatoms. The second kappa shape index (κ2) is 6.79. The molecular weight excluding hydrogens is 214 g/mol. The maximum Gasteiger partial charge on any atom is 0.208 e. The first-order valence-electron chi connectivity index (χ1n) is 4.19. The summed E-state index contributed by atoms with van der Waals surface area (Å²) >= 11 is 1.39. The van der Waals surface area contributed by atoms with Crippen LogP contribution in [0.3, 0.4) is 0 Å². The minimum Gasteiger partial charge on any atom is -0.481 e. The molecule has 2 N–H and O–H groups in total. The van der Waals surface area contributed by atoms with Crippen molar-refractivity contribution in [1.82, 2.24) is 5.32 Å². The average Bonchev–Trinajstić information content (AvgIpc) is 2.37. The van der Waals surface area contributed by atoms with E-state index >= 15 is 0 Å². The van der Waals surface area contributed by atoms with Crippen molar-refractivity contribution in [2.24, 2.45) is 9.98 Å². The van der Waals surface area contributed by atoms with Crippen LogP contribution >= 0.6 is 11.8 Å². The van der Waals surface area contributed by atoms with Gasteiger partial charge >= 0.3 is 0 Å². The van der Waals surface area contributed by atoms with Gasteiger partial charge in [0.2, 0.25) is 5.90 Å². The van der Waals surface area contributed by atoms with Gasteiger partial charge in [0.1, 0.15) is 6.11 Å². The molecule has 0 atom stereocenters. The smallest absolute Gasteiger partial charge is 0.208 e. The van der Waals surface area contributed by atoms with Gasteiger partial charge < -0.3 is 9.84 Å². The average molecular weight is 225 g/mol. The number of nitrogens with one attached hydrogen (secondary N) is 1. The van der Waals surface area contributed by atoms with E-state index < -0.39 is 0 Å². The molecule has 0 radical (unpaired) electrons. The first-order valence-corrected chi connectivity index (χ1v) is 5.17. The van der Waals surface area contributed by atoms with Gasteiger partial charge in [-0.3, -0.25) is 10.3 Å². The van der Waals surface area contributed by atoms with E-state index in [2.05, 4.69) is 21.3 Å². The van der Waals surface area contributed by atoms with Crippen LogP contribution < -0.4 is 5.32 Å². The van der Waals surface area contributed by atoms with E-state index in [4.69, 9.17) is 9.84 Å². The Bertz CT molecular complexity index is 352. The molecule has 0 unspecified atom stereocenters. The highest BCUT2D eigenvalue weighted by atomic mass is 32.2. The minimum atomic E-state index is 0.493. The zero-order chi connectivity index (χ0) is 10.9. The van der Waals surface area contributed by atoms with E-state index in [1.807, 2.05) is 6.08 Å². The van der Waals surface area contributed by atoms with Gasteiger partial charge in [0.05, 0.1) is 25.6 Å². The summed E-state index contributed by atoms with van der Waals surface area (Å²) in [5.74, 6) is 1.07. The molecule has 0 fully saturated rings. The Hall–Kier alpha value is -1.61. The fourth-order valence-electron chi connectivity index (χ4n) is 0.834. The Morgan fingerprint density at radius 1 is 1.60 bits per heavy atom. The largest absolute Gasteiger partial charge is 0.481 e. The Morgan fingerprint density at radius 3 is 3.20 bits per heavy atom. The molecule has 0 aromatic heterocycles. The number of nitrogens with zero attached hydrogens (tertiary/aromatic N) is 2. The molecule has 0 aromatic carbocycles. The number of methoxy groups -OCH3 is 1. The lowest BCUT2D eigenvalue weighted by Crippen LogP contribution is -2.14. The van der Waals surface area contributed by atoms with Gasteiger partial charge in [0, 0.05) is 0 Å². The Kier molecular flexibility index (Phi) is 5.19. The molecule has 15 heavy (non-hydrogen) atoms. The van der Waals surface area contributed by atoms with Crippen molar-refractivity contribution in [2.45, 2.75) is 0 Å². The predicted molar refractivity (Wildman–Crippen MR) is 61.2 cm³/mol. The van der Waals surface area contributed by atoms with E-state index in [0.29, 0.717) is 23.5 Å². The predicted octanol–water partition coefficient (Wildman–Crippen LogP) is 0.528. The number of hydrogen-bond acceptors (Lipinski definition) is 6. The highest BCUT2D eigenvalue weighted by Crippen LogP contribution is 2.04. The van der Waals surface area contributed by atoms with Crippen LogP contribution in [0.2, 0.25) is 0 Å². The van der Waals surface area contributed by atoms with Crippen molar-refractivity contribution in [3.8, 4) is 12.2 Å². The van der Waals surface area contributed by atoms with Crippen LogP contribution in [0, 0.1) is 12.2 Å². The molecule has 1 rings (SSSR count). The van der Waals surface area contributed by atoms with Gasteiger partial charge in [-0.2, -0.15) is 0 Å². The van der Waals surface area contributed by atoms with Crippen LogP contribution in [0.1, 0.15) is 0 Å². The van der Waals surface area contributed by atoms with E-state index in [9.17, 15) is 0 Å². The molecular formula is C9H11N3O2S. The second-order valence-corrected chi connectivity index (χ2v) is 3.32. The number of aliphatic hydroxyl groups is 1. The third-order valence-electron chi connectivity index (χ3n) is 1.46. The van der Waals surface area contributed by atoms with E-state index in [-0.39, 0.29) is 0 Å². The maximum atomic E-state index is 8.31. The molecule has 0 saturated carbocycles. The fraction of sp³-hybridized carbons (Fsp3) is 0.333. The molecule has 0 amide bonds. The Balaban J connectivity index is 2.61. The van der Waals surface area contributed by atoms with E-state index in [1.54, 1.807) is 19.3 Å². The summed E-state index contributed by atoms with van der Waals surface area (Å²) in [6.45, 7) is 0.519. The highest BCUT2D eigenvalue weighted by molar-refractivity contribution is 8.13. The van der Waals surface area contributed by atoms with Gasteiger partial charge in [0.25, 0.3) is 0 Å². The third-order valence-corrected chi connectivity index (χ3v) is 2.22. The minimum absolute atomic E-state index is 0.493. The SMILES string of the molecule is COC1=N/CSC(NC#CO)=NC/C=C\1. The lowest BCUT2D eigenvalue weighted by Gasteiger charge is -2.00. The lowest BCUT2D eigenvalue weighted by atomic mass is 10.5. The van der Waals surface area contributed by atoms with Crippen LogP contribution in [0.4, 0.5) is 0 Å². The van der Waals surface area contributed by atoms with Crippen LogP contribution in [-0.2, 0) is 4.74 Å². The molecule has 80 valence electrons. The summed E-state index contributed by atoms with van der Waals surface area (Å²) in [7, 11) is 1.57. The van der Waals surface area contributed by atoms with Crippen molar-refractivity contribution < 1.29 is 9.84 Å². The van der Waals surface area contributed by atoms with Crippen molar-refractivity contribution in [1.29, 1.82) is 0 Å². The molecule has 0 bridgehead atoms. The van der Waals surface area contributed by atoms with Crippen LogP contribution in [0.25, 0.3) is 0 Å². The van der Waals surface area contributed by atoms with Crippen molar-refractivity contribution >= 4 is 22.8 Å². The molecule has 1 aliphatic rings. The molecule has 1 heterocycles. The summed E-state index contributed by atoms with van der Waals surface area (Å²) in [4.78, 5) is 8.35. The first kappa shape index (κ1) is 11.5. The van der Waals surface area contributed by atoms with Gasteiger partial charge in [-0.1, -0.05) is 17.8 Å². The second-order valence-electron chi connectivity index (χ2n) is 2.38. The summed E-state index contributed by atoms with van der Waals surface area (Å²) in [5, 5.41) is 11.6. The molecule has 0 saturated heterocycles. The number of thioether (sulfide) groups is 1. The Morgan fingerprint density at radius 2 is 2.47 bits per heavy atom. The van der Waals surface area contributed by atoms with Gasteiger partial charge in [-0.15, -0.1) is 0 Å². The molecule has 0 spiro atoms. The maximum absolute atomic E-state index is 8.31. The monoisotopic (exact) mass is 225 g/mol.